The minimum absolute atomic E-state index is 0.245. The Morgan fingerprint density at radius 2 is 1.72 bits per heavy atom. The van der Waals surface area contributed by atoms with Crippen molar-refractivity contribution >= 4 is 11.8 Å². The van der Waals surface area contributed by atoms with Crippen molar-refractivity contribution in [2.45, 2.75) is 59.9 Å². The first kappa shape index (κ1) is 18.3. The molecule has 3 heteroatoms. The van der Waals surface area contributed by atoms with E-state index in [4.69, 9.17) is 4.74 Å². The first-order valence-electron chi connectivity index (χ1n) is 7.17. The second kappa shape index (κ2) is 9.22. The second-order valence-corrected chi connectivity index (χ2v) is 7.94. The Balaban J connectivity index is 3.22. The number of nitrogens with one attached hydrogen (secondary N) is 1. The van der Waals surface area contributed by atoms with Gasteiger partial charge in [-0.1, -0.05) is 20.8 Å². The van der Waals surface area contributed by atoms with Gasteiger partial charge in [0.2, 0.25) is 0 Å². The van der Waals surface area contributed by atoms with Crippen molar-refractivity contribution in [2.75, 3.05) is 31.3 Å². The van der Waals surface area contributed by atoms with Gasteiger partial charge in [-0.2, -0.15) is 11.8 Å². The fourth-order valence-corrected chi connectivity index (χ4v) is 2.09. The van der Waals surface area contributed by atoms with E-state index in [-0.39, 0.29) is 5.54 Å². The van der Waals surface area contributed by atoms with Gasteiger partial charge in [-0.05, 0) is 44.8 Å². The van der Waals surface area contributed by atoms with Gasteiger partial charge in [-0.25, -0.2) is 0 Å². The van der Waals surface area contributed by atoms with E-state index < -0.39 is 0 Å². The maximum Gasteiger partial charge on any atom is 0.0517 e. The maximum absolute atomic E-state index is 5.72. The number of ether oxygens (including phenoxy) is 1. The summed E-state index contributed by atoms with van der Waals surface area (Å²) in [6.07, 6.45) is 2.35. The highest BCUT2D eigenvalue weighted by Gasteiger charge is 2.14. The van der Waals surface area contributed by atoms with Gasteiger partial charge in [0.05, 0.1) is 6.61 Å². The maximum atomic E-state index is 5.72. The van der Waals surface area contributed by atoms with Crippen LogP contribution >= 0.6 is 11.8 Å². The molecule has 0 rings (SSSR count). The van der Waals surface area contributed by atoms with Gasteiger partial charge in [0.1, 0.15) is 0 Å². The molecule has 0 fully saturated rings. The normalized spacial score (nSPS) is 13.0. The van der Waals surface area contributed by atoms with Gasteiger partial charge in [0.15, 0.2) is 0 Å². The molecule has 1 N–H and O–H groups in total. The van der Waals surface area contributed by atoms with E-state index in [2.05, 4.69) is 46.9 Å². The van der Waals surface area contributed by atoms with Crippen molar-refractivity contribution in [3.05, 3.63) is 0 Å². The zero-order valence-corrected chi connectivity index (χ0v) is 14.1. The third-order valence-corrected chi connectivity index (χ3v) is 4.00. The first-order chi connectivity index (χ1) is 8.27. The molecule has 0 aromatic heterocycles. The lowest BCUT2D eigenvalue weighted by atomic mass is 9.92. The van der Waals surface area contributed by atoms with Crippen molar-refractivity contribution in [2.24, 2.45) is 5.41 Å². The fraction of sp³-hybridized carbons (Fsp3) is 1.00. The molecule has 0 aliphatic rings. The summed E-state index contributed by atoms with van der Waals surface area (Å²) in [5.74, 6) is 2.40. The molecule has 0 atom stereocenters. The van der Waals surface area contributed by atoms with Gasteiger partial charge < -0.3 is 10.1 Å². The molecule has 0 spiro atoms. The molecular formula is C15H33NOS. The molecule has 0 saturated carbocycles. The molecule has 0 saturated heterocycles. The van der Waals surface area contributed by atoms with Gasteiger partial charge in [0, 0.05) is 24.4 Å². The quantitative estimate of drug-likeness (QED) is 0.610. The van der Waals surface area contributed by atoms with E-state index in [1.54, 1.807) is 0 Å². The first-order valence-corrected chi connectivity index (χ1v) is 8.33. The molecule has 0 unspecified atom stereocenters. The summed E-state index contributed by atoms with van der Waals surface area (Å²) in [4.78, 5) is 0. The van der Waals surface area contributed by atoms with Crippen molar-refractivity contribution in [1.82, 2.24) is 5.32 Å². The summed E-state index contributed by atoms with van der Waals surface area (Å²) < 4.78 is 5.72. The average molecular weight is 276 g/mol. The molecule has 2 nitrogen and oxygen atoms in total. The number of hydrogen-bond acceptors (Lipinski definition) is 3. The van der Waals surface area contributed by atoms with Crippen LogP contribution in [0.4, 0.5) is 0 Å². The minimum Gasteiger partial charge on any atom is -0.381 e. The van der Waals surface area contributed by atoms with Gasteiger partial charge in [0.25, 0.3) is 0 Å². The van der Waals surface area contributed by atoms with E-state index in [0.717, 1.165) is 19.8 Å². The summed E-state index contributed by atoms with van der Waals surface area (Å²) in [5, 5.41) is 3.50. The summed E-state index contributed by atoms with van der Waals surface area (Å²) >= 11 is 2.02. The molecule has 0 aliphatic carbocycles. The molecule has 0 heterocycles. The third kappa shape index (κ3) is 12.7. The third-order valence-electron chi connectivity index (χ3n) is 2.93. The zero-order valence-electron chi connectivity index (χ0n) is 13.3. The Morgan fingerprint density at radius 3 is 2.28 bits per heavy atom. The molecule has 0 aliphatic heterocycles. The van der Waals surface area contributed by atoms with E-state index in [1.807, 2.05) is 11.8 Å². The van der Waals surface area contributed by atoms with Gasteiger partial charge in [-0.15, -0.1) is 0 Å². The molecule has 18 heavy (non-hydrogen) atoms. The minimum atomic E-state index is 0.245. The molecule has 0 bridgehead atoms. The Morgan fingerprint density at radius 1 is 1.06 bits per heavy atom. The molecular weight excluding hydrogens is 242 g/mol. The van der Waals surface area contributed by atoms with Crippen LogP contribution in [0.15, 0.2) is 0 Å². The van der Waals surface area contributed by atoms with Gasteiger partial charge >= 0.3 is 0 Å². The lowest BCUT2D eigenvalue weighted by Crippen LogP contribution is -2.37. The monoisotopic (exact) mass is 275 g/mol. The van der Waals surface area contributed by atoms with Crippen LogP contribution in [0.5, 0.6) is 0 Å². The summed E-state index contributed by atoms with van der Waals surface area (Å²) in [6.45, 7) is 16.3. The molecule has 0 radical (unpaired) electrons. The molecule has 0 aromatic rings. The average Bonchev–Trinajstić information content (AvgIpc) is 2.25. The smallest absolute Gasteiger partial charge is 0.0517 e. The van der Waals surface area contributed by atoms with Crippen molar-refractivity contribution < 1.29 is 4.74 Å². The van der Waals surface area contributed by atoms with Crippen molar-refractivity contribution in [1.29, 1.82) is 0 Å². The number of hydrogen-bond donors (Lipinski definition) is 1. The Bertz CT molecular complexity index is 199. The van der Waals surface area contributed by atoms with E-state index in [0.29, 0.717) is 5.41 Å². The predicted molar refractivity (Wildman–Crippen MR) is 84.6 cm³/mol. The van der Waals surface area contributed by atoms with E-state index >= 15 is 0 Å². The lowest BCUT2D eigenvalue weighted by Gasteiger charge is -2.22. The van der Waals surface area contributed by atoms with E-state index in [9.17, 15) is 0 Å². The van der Waals surface area contributed by atoms with Crippen LogP contribution in [0.25, 0.3) is 0 Å². The van der Waals surface area contributed by atoms with Crippen LogP contribution in [0.2, 0.25) is 0 Å². The molecule has 0 amide bonds. The zero-order chi connectivity index (χ0) is 14.1. The predicted octanol–water partition coefficient (Wildman–Crippen LogP) is 3.95. The number of thioether (sulfide) groups is 1. The summed E-state index contributed by atoms with van der Waals surface area (Å²) in [5.41, 5.74) is 0.583. The van der Waals surface area contributed by atoms with Crippen molar-refractivity contribution in [3.8, 4) is 0 Å². The second-order valence-electron chi connectivity index (χ2n) is 6.71. The summed E-state index contributed by atoms with van der Waals surface area (Å²) in [7, 11) is 0. The SMILES string of the molecule is CCC(C)(C)COCCCSCCNC(C)(C)C. The number of rotatable bonds is 10. The van der Waals surface area contributed by atoms with Crippen LogP contribution in [0, 0.1) is 5.41 Å². The largest absolute Gasteiger partial charge is 0.381 e. The van der Waals surface area contributed by atoms with Gasteiger partial charge in [-0.3, -0.25) is 0 Å². The highest BCUT2D eigenvalue weighted by Crippen LogP contribution is 2.19. The van der Waals surface area contributed by atoms with Crippen molar-refractivity contribution in [3.63, 3.8) is 0 Å². The molecule has 0 aromatic carbocycles. The highest BCUT2D eigenvalue weighted by molar-refractivity contribution is 7.99. The van der Waals surface area contributed by atoms with Crippen LogP contribution < -0.4 is 5.32 Å². The summed E-state index contributed by atoms with van der Waals surface area (Å²) in [6, 6.07) is 0. The molecule has 110 valence electrons. The topological polar surface area (TPSA) is 21.3 Å². The van der Waals surface area contributed by atoms with E-state index in [1.165, 1.54) is 24.3 Å². The Hall–Kier alpha value is 0.270. The standard InChI is InChI=1S/C15H33NOS/c1-7-15(5,6)13-17-10-8-11-18-12-9-16-14(2,3)4/h16H,7-13H2,1-6H3. The van der Waals surface area contributed by atoms with Crippen LogP contribution in [0.3, 0.4) is 0 Å². The van der Waals surface area contributed by atoms with Crippen LogP contribution in [0.1, 0.15) is 54.4 Å². The Labute approximate surface area is 119 Å². The highest BCUT2D eigenvalue weighted by atomic mass is 32.2. The van der Waals surface area contributed by atoms with Crippen LogP contribution in [-0.4, -0.2) is 36.8 Å². The lowest BCUT2D eigenvalue weighted by molar-refractivity contribution is 0.0612. The van der Waals surface area contributed by atoms with Crippen LogP contribution in [-0.2, 0) is 4.74 Å². The Kier molecular flexibility index (Phi) is 9.36. The fourth-order valence-electron chi connectivity index (χ4n) is 1.31.